The maximum Gasteiger partial charge on any atom is 0.274 e. The summed E-state index contributed by atoms with van der Waals surface area (Å²) < 4.78 is 5.62. The van der Waals surface area contributed by atoms with E-state index in [1.807, 2.05) is 38.1 Å². The van der Waals surface area contributed by atoms with Crippen molar-refractivity contribution < 1.29 is 9.53 Å². The van der Waals surface area contributed by atoms with Gasteiger partial charge in [0, 0.05) is 16.8 Å². The van der Waals surface area contributed by atoms with Gasteiger partial charge in [-0.15, -0.1) is 0 Å². The Morgan fingerprint density at radius 2 is 1.86 bits per heavy atom. The summed E-state index contributed by atoms with van der Waals surface area (Å²) in [6.45, 7) is 6.09. The Balaban J connectivity index is 1.84. The van der Waals surface area contributed by atoms with Crippen molar-refractivity contribution in [2.24, 2.45) is 0 Å². The Labute approximate surface area is 168 Å². The van der Waals surface area contributed by atoms with Crippen LogP contribution in [-0.2, 0) is 0 Å². The van der Waals surface area contributed by atoms with Crippen LogP contribution < -0.4 is 15.4 Å². The van der Waals surface area contributed by atoms with Crippen LogP contribution in [0.25, 0.3) is 0 Å². The highest BCUT2D eigenvalue weighted by molar-refractivity contribution is 6.30. The third-order valence-corrected chi connectivity index (χ3v) is 4.19. The molecule has 0 fully saturated rings. The topological polar surface area (TPSA) is 76.1 Å². The molecule has 0 unspecified atom stereocenters. The van der Waals surface area contributed by atoms with Gasteiger partial charge in [0.1, 0.15) is 23.1 Å². The zero-order chi connectivity index (χ0) is 20.1. The summed E-state index contributed by atoms with van der Waals surface area (Å²) in [6, 6.07) is 14.4. The molecule has 0 spiro atoms. The average molecular weight is 397 g/mol. The van der Waals surface area contributed by atoms with E-state index in [2.05, 4.69) is 20.6 Å². The Kier molecular flexibility index (Phi) is 6.11. The first-order valence-corrected chi connectivity index (χ1v) is 9.26. The quantitative estimate of drug-likeness (QED) is 0.603. The first kappa shape index (κ1) is 19.6. The van der Waals surface area contributed by atoms with Crippen molar-refractivity contribution in [3.05, 3.63) is 70.6 Å². The van der Waals surface area contributed by atoms with E-state index in [9.17, 15) is 4.79 Å². The van der Waals surface area contributed by atoms with Crippen LogP contribution in [0.3, 0.4) is 0 Å². The Bertz CT molecular complexity index is 1010. The molecule has 6 nitrogen and oxygen atoms in total. The second-order valence-electron chi connectivity index (χ2n) is 6.15. The molecule has 3 rings (SSSR count). The van der Waals surface area contributed by atoms with Gasteiger partial charge in [-0.2, -0.15) is 0 Å². The van der Waals surface area contributed by atoms with E-state index in [1.165, 1.54) is 0 Å². The maximum absolute atomic E-state index is 12.7. The number of aromatic nitrogens is 2. The van der Waals surface area contributed by atoms with Crippen molar-refractivity contribution in [2.75, 3.05) is 17.2 Å². The zero-order valence-corrected chi connectivity index (χ0v) is 16.7. The van der Waals surface area contributed by atoms with Crippen LogP contribution in [-0.4, -0.2) is 22.5 Å². The number of carbonyl (C=O) groups is 1. The number of amides is 1. The normalized spacial score (nSPS) is 10.4. The number of carbonyl (C=O) groups excluding carboxylic acids is 1. The van der Waals surface area contributed by atoms with Crippen LogP contribution in [0.5, 0.6) is 5.75 Å². The van der Waals surface area contributed by atoms with E-state index in [4.69, 9.17) is 16.3 Å². The minimum absolute atomic E-state index is 0.262. The Morgan fingerprint density at radius 3 is 2.61 bits per heavy atom. The highest BCUT2D eigenvalue weighted by atomic mass is 35.5. The van der Waals surface area contributed by atoms with Gasteiger partial charge < -0.3 is 15.4 Å². The zero-order valence-electron chi connectivity index (χ0n) is 15.9. The van der Waals surface area contributed by atoms with Crippen molar-refractivity contribution in [1.82, 2.24) is 9.97 Å². The van der Waals surface area contributed by atoms with Gasteiger partial charge in [-0.25, -0.2) is 9.97 Å². The third kappa shape index (κ3) is 4.78. The van der Waals surface area contributed by atoms with Crippen LogP contribution in [0.1, 0.15) is 28.8 Å². The van der Waals surface area contributed by atoms with Gasteiger partial charge in [0.25, 0.3) is 5.91 Å². The fraction of sp³-hybridized carbons (Fsp3) is 0.190. The summed E-state index contributed by atoms with van der Waals surface area (Å²) in [7, 11) is 0. The van der Waals surface area contributed by atoms with Gasteiger partial charge in [-0.3, -0.25) is 4.79 Å². The Hall–Kier alpha value is -3.12. The molecule has 28 heavy (non-hydrogen) atoms. The van der Waals surface area contributed by atoms with Crippen molar-refractivity contribution >= 4 is 34.7 Å². The summed E-state index contributed by atoms with van der Waals surface area (Å²) in [5.74, 6) is 1.38. The minimum Gasteiger partial charge on any atom is -0.492 e. The smallest absolute Gasteiger partial charge is 0.274 e. The Morgan fingerprint density at radius 1 is 1.07 bits per heavy atom. The lowest BCUT2D eigenvalue weighted by Gasteiger charge is -2.13. The standard InChI is InChI=1S/C21H21ClN4O2/c1-4-28-19-8-6-5-7-17(19)25-20-12-18(23-14(3)24-20)21(27)26-16-10-9-15(22)11-13(16)2/h5-12H,4H2,1-3H3,(H,26,27)(H,23,24,25). The second-order valence-corrected chi connectivity index (χ2v) is 6.59. The first-order valence-electron chi connectivity index (χ1n) is 8.88. The van der Waals surface area contributed by atoms with Gasteiger partial charge in [-0.05, 0) is 56.7 Å². The largest absolute Gasteiger partial charge is 0.492 e. The number of ether oxygens (including phenoxy) is 1. The molecule has 0 radical (unpaired) electrons. The summed E-state index contributed by atoms with van der Waals surface area (Å²) in [6.07, 6.45) is 0. The number of hydrogen-bond donors (Lipinski definition) is 2. The van der Waals surface area contributed by atoms with Gasteiger partial charge in [0.05, 0.1) is 12.3 Å². The van der Waals surface area contributed by atoms with Crippen LogP contribution in [0.4, 0.5) is 17.2 Å². The molecule has 0 aliphatic carbocycles. The molecule has 0 aliphatic rings. The monoisotopic (exact) mass is 396 g/mol. The number of anilines is 3. The van der Waals surface area contributed by atoms with Crippen molar-refractivity contribution in [1.29, 1.82) is 0 Å². The number of nitrogens with zero attached hydrogens (tertiary/aromatic N) is 2. The minimum atomic E-state index is -0.322. The third-order valence-electron chi connectivity index (χ3n) is 3.96. The molecule has 0 bridgehead atoms. The predicted molar refractivity (Wildman–Crippen MR) is 112 cm³/mol. The molecule has 0 aliphatic heterocycles. The number of halogens is 1. The number of para-hydroxylation sites is 2. The van der Waals surface area contributed by atoms with E-state index in [-0.39, 0.29) is 11.6 Å². The fourth-order valence-electron chi connectivity index (χ4n) is 2.69. The second kappa shape index (κ2) is 8.71. The van der Waals surface area contributed by atoms with E-state index in [0.29, 0.717) is 34.7 Å². The molecule has 144 valence electrons. The van der Waals surface area contributed by atoms with Crippen molar-refractivity contribution in [2.45, 2.75) is 20.8 Å². The molecule has 2 aromatic carbocycles. The van der Waals surface area contributed by atoms with E-state index in [1.54, 1.807) is 31.2 Å². The highest BCUT2D eigenvalue weighted by Crippen LogP contribution is 2.27. The number of rotatable bonds is 6. The molecule has 2 N–H and O–H groups in total. The van der Waals surface area contributed by atoms with E-state index < -0.39 is 0 Å². The molecule has 7 heteroatoms. The maximum atomic E-state index is 12.7. The number of benzene rings is 2. The molecule has 0 atom stereocenters. The molecular weight excluding hydrogens is 376 g/mol. The van der Waals surface area contributed by atoms with Gasteiger partial charge >= 0.3 is 0 Å². The van der Waals surface area contributed by atoms with Crippen LogP contribution in [0.15, 0.2) is 48.5 Å². The van der Waals surface area contributed by atoms with Crippen LogP contribution in [0.2, 0.25) is 5.02 Å². The first-order chi connectivity index (χ1) is 13.5. The SMILES string of the molecule is CCOc1ccccc1Nc1cc(C(=O)Nc2ccc(Cl)cc2C)nc(C)n1. The molecule has 1 amide bonds. The van der Waals surface area contributed by atoms with Gasteiger partial charge in [0.15, 0.2) is 0 Å². The summed E-state index contributed by atoms with van der Waals surface area (Å²) >= 11 is 5.97. The highest BCUT2D eigenvalue weighted by Gasteiger charge is 2.13. The molecule has 1 heterocycles. The fourth-order valence-corrected chi connectivity index (χ4v) is 2.92. The summed E-state index contributed by atoms with van der Waals surface area (Å²) in [5, 5.41) is 6.68. The van der Waals surface area contributed by atoms with Gasteiger partial charge in [0.2, 0.25) is 0 Å². The predicted octanol–water partition coefficient (Wildman–Crippen LogP) is 5.14. The number of nitrogens with one attached hydrogen (secondary N) is 2. The number of hydrogen-bond acceptors (Lipinski definition) is 5. The molecule has 1 aromatic heterocycles. The average Bonchev–Trinajstić information content (AvgIpc) is 2.65. The molecular formula is C21H21ClN4O2. The summed E-state index contributed by atoms with van der Waals surface area (Å²) in [5.41, 5.74) is 2.58. The number of aryl methyl sites for hydroxylation is 2. The van der Waals surface area contributed by atoms with Crippen molar-refractivity contribution in [3.8, 4) is 5.75 Å². The lowest BCUT2D eigenvalue weighted by atomic mass is 10.2. The van der Waals surface area contributed by atoms with Gasteiger partial charge in [-0.1, -0.05) is 23.7 Å². The molecule has 0 saturated heterocycles. The molecule has 0 saturated carbocycles. The van der Waals surface area contributed by atoms with Crippen LogP contribution in [0, 0.1) is 13.8 Å². The lowest BCUT2D eigenvalue weighted by Crippen LogP contribution is -2.16. The lowest BCUT2D eigenvalue weighted by molar-refractivity contribution is 0.102. The van der Waals surface area contributed by atoms with E-state index >= 15 is 0 Å². The molecule has 3 aromatic rings. The summed E-state index contributed by atoms with van der Waals surface area (Å²) in [4.78, 5) is 21.3. The van der Waals surface area contributed by atoms with Crippen molar-refractivity contribution in [3.63, 3.8) is 0 Å². The van der Waals surface area contributed by atoms with E-state index in [0.717, 1.165) is 11.3 Å². The van der Waals surface area contributed by atoms with Crippen LogP contribution >= 0.6 is 11.6 Å².